The Bertz CT molecular complexity index is 918. The molecule has 1 amide bonds. The second-order valence-corrected chi connectivity index (χ2v) is 8.76. The van der Waals surface area contributed by atoms with Crippen LogP contribution in [-0.2, 0) is 22.5 Å². The van der Waals surface area contributed by atoms with E-state index in [1.165, 1.54) is 11.1 Å². The molecule has 172 valence electrons. The summed E-state index contributed by atoms with van der Waals surface area (Å²) < 4.78 is 11.1. The Labute approximate surface area is 191 Å². The van der Waals surface area contributed by atoms with E-state index in [0.29, 0.717) is 25.0 Å². The van der Waals surface area contributed by atoms with Crippen LogP contribution in [0.4, 0.5) is 5.69 Å². The summed E-state index contributed by atoms with van der Waals surface area (Å²) in [5.74, 6) is 1.06. The molecule has 0 saturated carbocycles. The Hall–Kier alpha value is -2.41. The van der Waals surface area contributed by atoms with Crippen LogP contribution in [0.3, 0.4) is 0 Å². The van der Waals surface area contributed by atoms with Crippen molar-refractivity contribution in [2.75, 3.05) is 45.9 Å². The highest BCUT2D eigenvalue weighted by atomic mass is 16.5. The quantitative estimate of drug-likeness (QED) is 0.685. The molecule has 2 heterocycles. The van der Waals surface area contributed by atoms with E-state index >= 15 is 0 Å². The van der Waals surface area contributed by atoms with Crippen molar-refractivity contribution in [3.05, 3.63) is 59.2 Å². The molecule has 2 aliphatic heterocycles. The van der Waals surface area contributed by atoms with E-state index in [9.17, 15) is 4.79 Å². The molecule has 6 nitrogen and oxygen atoms in total. The summed E-state index contributed by atoms with van der Waals surface area (Å²) in [6, 6.07) is 15.6. The molecule has 0 radical (unpaired) electrons. The predicted molar refractivity (Wildman–Crippen MR) is 127 cm³/mol. The fraction of sp³-hybridized carbons (Fsp3) is 0.500. The number of anilines is 1. The molecule has 1 N–H and O–H groups in total. The number of carbonyl (C=O) groups excluding carboxylic acids is 1. The van der Waals surface area contributed by atoms with Crippen molar-refractivity contribution < 1.29 is 14.3 Å². The minimum Gasteiger partial charge on any atom is -0.496 e. The normalized spacial score (nSPS) is 21.5. The van der Waals surface area contributed by atoms with Gasteiger partial charge in [-0.15, -0.1) is 0 Å². The van der Waals surface area contributed by atoms with Gasteiger partial charge in [0.15, 0.2) is 0 Å². The highest BCUT2D eigenvalue weighted by Crippen LogP contribution is 2.35. The average Bonchev–Trinajstić information content (AvgIpc) is 2.83. The molecule has 2 aromatic carbocycles. The molecular formula is C26H35N3O3. The smallest absolute Gasteiger partial charge is 0.227 e. The number of nitrogens with one attached hydrogen (secondary N) is 1. The Morgan fingerprint density at radius 3 is 2.69 bits per heavy atom. The Kier molecular flexibility index (Phi) is 7.45. The number of aryl methyl sites for hydroxylation is 1. The van der Waals surface area contributed by atoms with E-state index in [4.69, 9.17) is 9.47 Å². The molecule has 0 unspecified atom stereocenters. The number of amides is 1. The molecule has 2 aromatic rings. The molecule has 0 aromatic heterocycles. The molecule has 0 bridgehead atoms. The van der Waals surface area contributed by atoms with Crippen LogP contribution < -0.4 is 15.0 Å². The van der Waals surface area contributed by atoms with Crippen molar-refractivity contribution in [2.24, 2.45) is 0 Å². The number of hydrogen-bond acceptors (Lipinski definition) is 5. The Balaban J connectivity index is 1.56. The van der Waals surface area contributed by atoms with Gasteiger partial charge in [0.2, 0.25) is 5.91 Å². The highest BCUT2D eigenvalue weighted by Gasteiger charge is 2.32. The second kappa shape index (κ2) is 10.5. The molecule has 32 heavy (non-hydrogen) atoms. The third-order valence-corrected chi connectivity index (χ3v) is 6.84. The largest absolute Gasteiger partial charge is 0.496 e. The summed E-state index contributed by atoms with van der Waals surface area (Å²) in [4.78, 5) is 16.5. The van der Waals surface area contributed by atoms with Gasteiger partial charge in [-0.1, -0.05) is 30.3 Å². The standard InChI is InChI=1S/C26H35N3O3/c1-28-23-16-21(24(32-3)17-20(23)11-12-25(28)30)18-27-22-10-7-13-29(14-15-31-2)26(22)19-8-5-4-6-9-19/h4-6,8-9,16-17,22,26-27H,7,10-15,18H2,1-3H3/t22-,26-/m0/s1. The number of methoxy groups -OCH3 is 2. The zero-order valence-corrected chi connectivity index (χ0v) is 19.5. The molecule has 0 aliphatic carbocycles. The lowest BCUT2D eigenvalue weighted by Gasteiger charge is -2.42. The van der Waals surface area contributed by atoms with Crippen molar-refractivity contribution >= 4 is 11.6 Å². The van der Waals surface area contributed by atoms with Crippen LogP contribution in [0, 0.1) is 0 Å². The van der Waals surface area contributed by atoms with Crippen LogP contribution in [0.5, 0.6) is 5.75 Å². The van der Waals surface area contributed by atoms with Crippen LogP contribution in [0.15, 0.2) is 42.5 Å². The van der Waals surface area contributed by atoms with Gasteiger partial charge >= 0.3 is 0 Å². The molecule has 6 heteroatoms. The van der Waals surface area contributed by atoms with Crippen LogP contribution in [0.2, 0.25) is 0 Å². The molecule has 4 rings (SSSR count). The van der Waals surface area contributed by atoms with Gasteiger partial charge in [0, 0.05) is 51.0 Å². The number of hydrogen-bond donors (Lipinski definition) is 1. The number of carbonyl (C=O) groups is 1. The van der Waals surface area contributed by atoms with E-state index in [-0.39, 0.29) is 5.91 Å². The van der Waals surface area contributed by atoms with E-state index in [1.807, 2.05) is 7.05 Å². The molecule has 1 fully saturated rings. The van der Waals surface area contributed by atoms with Gasteiger partial charge < -0.3 is 19.7 Å². The van der Waals surface area contributed by atoms with Gasteiger partial charge in [0.05, 0.1) is 19.8 Å². The predicted octanol–water partition coefficient (Wildman–Crippen LogP) is 3.55. The van der Waals surface area contributed by atoms with E-state index in [0.717, 1.165) is 56.0 Å². The number of piperidine rings is 1. The number of ether oxygens (including phenoxy) is 2. The van der Waals surface area contributed by atoms with Gasteiger partial charge in [-0.3, -0.25) is 9.69 Å². The van der Waals surface area contributed by atoms with Gasteiger partial charge in [0.25, 0.3) is 0 Å². The highest BCUT2D eigenvalue weighted by molar-refractivity contribution is 5.96. The van der Waals surface area contributed by atoms with Crippen molar-refractivity contribution in [1.29, 1.82) is 0 Å². The van der Waals surface area contributed by atoms with Crippen molar-refractivity contribution in [3.63, 3.8) is 0 Å². The van der Waals surface area contributed by atoms with Crippen LogP contribution >= 0.6 is 0 Å². The number of rotatable bonds is 8. The van der Waals surface area contributed by atoms with E-state index in [1.54, 1.807) is 19.1 Å². The topological polar surface area (TPSA) is 54.0 Å². The number of fused-ring (bicyclic) bond motifs is 1. The van der Waals surface area contributed by atoms with Crippen LogP contribution in [0.1, 0.15) is 42.0 Å². The van der Waals surface area contributed by atoms with Crippen LogP contribution in [-0.4, -0.2) is 57.8 Å². The summed E-state index contributed by atoms with van der Waals surface area (Å²) in [6.07, 6.45) is 3.61. The van der Waals surface area contributed by atoms with Crippen molar-refractivity contribution in [1.82, 2.24) is 10.2 Å². The lowest BCUT2D eigenvalue weighted by Crippen LogP contribution is -2.49. The van der Waals surface area contributed by atoms with Crippen LogP contribution in [0.25, 0.3) is 0 Å². The lowest BCUT2D eigenvalue weighted by molar-refractivity contribution is -0.118. The second-order valence-electron chi connectivity index (χ2n) is 8.76. The number of nitrogens with zero attached hydrogens (tertiary/aromatic N) is 2. The summed E-state index contributed by atoms with van der Waals surface area (Å²) in [5.41, 5.74) is 4.61. The van der Waals surface area contributed by atoms with Gasteiger partial charge in [-0.05, 0) is 49.1 Å². The summed E-state index contributed by atoms with van der Waals surface area (Å²) in [6.45, 7) is 3.43. The molecule has 2 aliphatic rings. The average molecular weight is 438 g/mol. The fourth-order valence-electron chi connectivity index (χ4n) is 5.11. The lowest BCUT2D eigenvalue weighted by atomic mass is 9.90. The third-order valence-electron chi connectivity index (χ3n) is 6.84. The van der Waals surface area contributed by atoms with Crippen molar-refractivity contribution in [2.45, 2.75) is 44.3 Å². The van der Waals surface area contributed by atoms with E-state index < -0.39 is 0 Å². The number of likely N-dealkylation sites (tertiary alicyclic amines) is 1. The zero-order valence-electron chi connectivity index (χ0n) is 19.5. The molecule has 0 spiro atoms. The maximum Gasteiger partial charge on any atom is 0.227 e. The maximum absolute atomic E-state index is 12.2. The molecule has 1 saturated heterocycles. The minimum absolute atomic E-state index is 0.173. The zero-order chi connectivity index (χ0) is 22.5. The van der Waals surface area contributed by atoms with Gasteiger partial charge in [0.1, 0.15) is 5.75 Å². The maximum atomic E-state index is 12.2. The Morgan fingerprint density at radius 1 is 1.12 bits per heavy atom. The first kappa shape index (κ1) is 22.8. The molecule has 2 atom stereocenters. The summed E-state index contributed by atoms with van der Waals surface area (Å²) in [5, 5.41) is 3.83. The van der Waals surface area contributed by atoms with Crippen molar-refractivity contribution in [3.8, 4) is 5.75 Å². The SMILES string of the molecule is COCCN1CCC[C@H](NCc2cc3c(cc2OC)CCC(=O)N3C)[C@@H]1c1ccccc1. The number of benzene rings is 2. The Morgan fingerprint density at radius 2 is 1.94 bits per heavy atom. The minimum atomic E-state index is 0.173. The van der Waals surface area contributed by atoms with E-state index in [2.05, 4.69) is 52.7 Å². The first-order valence-corrected chi connectivity index (χ1v) is 11.6. The summed E-state index contributed by atoms with van der Waals surface area (Å²) in [7, 11) is 5.36. The first-order chi connectivity index (χ1) is 15.6. The fourth-order valence-corrected chi connectivity index (χ4v) is 5.11. The van der Waals surface area contributed by atoms with Gasteiger partial charge in [-0.25, -0.2) is 0 Å². The first-order valence-electron chi connectivity index (χ1n) is 11.6. The summed E-state index contributed by atoms with van der Waals surface area (Å²) >= 11 is 0. The third kappa shape index (κ3) is 4.82. The molecular weight excluding hydrogens is 402 g/mol. The van der Waals surface area contributed by atoms with Gasteiger partial charge in [-0.2, -0.15) is 0 Å². The monoisotopic (exact) mass is 437 g/mol.